The van der Waals surface area contributed by atoms with Gasteiger partial charge in [0.2, 0.25) is 0 Å². The number of aldehydes is 1. The van der Waals surface area contributed by atoms with Gasteiger partial charge in [0.25, 0.3) is 0 Å². The maximum Gasteiger partial charge on any atom is 0.132 e. The Kier molecular flexibility index (Phi) is 2.94. The predicted molar refractivity (Wildman–Crippen MR) is 68.4 cm³/mol. The number of ether oxygens (including phenoxy) is 1. The quantitative estimate of drug-likeness (QED) is 0.752. The van der Waals surface area contributed by atoms with Gasteiger partial charge in [0.05, 0.1) is 16.7 Å². The monoisotopic (exact) mass is 245 g/mol. The van der Waals surface area contributed by atoms with Gasteiger partial charge in [-0.05, 0) is 37.8 Å². The first-order valence-electron chi connectivity index (χ1n) is 6.81. The molecule has 3 heteroatoms. The molecule has 1 saturated carbocycles. The Morgan fingerprint density at radius 1 is 1.22 bits per heavy atom. The maximum absolute atomic E-state index is 11.7. The summed E-state index contributed by atoms with van der Waals surface area (Å²) < 4.78 is 6.02. The van der Waals surface area contributed by atoms with Crippen LogP contribution in [-0.2, 0) is 14.9 Å². The van der Waals surface area contributed by atoms with Crippen molar-refractivity contribution < 1.29 is 9.53 Å². The lowest BCUT2D eigenvalue weighted by molar-refractivity contribution is -0.131. The molecule has 0 amide bonds. The number of aromatic nitrogens is 1. The van der Waals surface area contributed by atoms with Crippen LogP contribution in [0.5, 0.6) is 0 Å². The zero-order chi connectivity index (χ0) is 12.5. The van der Waals surface area contributed by atoms with E-state index in [1.165, 1.54) is 12.8 Å². The van der Waals surface area contributed by atoms with E-state index in [-0.39, 0.29) is 5.60 Å². The summed E-state index contributed by atoms with van der Waals surface area (Å²) in [7, 11) is 0. The van der Waals surface area contributed by atoms with Crippen LogP contribution in [0.25, 0.3) is 0 Å². The Labute approximate surface area is 108 Å². The first-order chi connectivity index (χ1) is 8.79. The number of carbonyl (C=O) groups is 1. The molecule has 0 aromatic carbocycles. The molecule has 2 aliphatic rings. The minimum atomic E-state index is -0.427. The second-order valence-electron chi connectivity index (χ2n) is 5.65. The molecule has 0 bridgehead atoms. The standard InChI is InChI=1S/C15H19NO2/c17-12-14(13-5-1-4-9-16-13)8-10-18-15(11-14)6-2-3-7-15/h1,4-5,9,12H,2-3,6-8,10-11H2. The van der Waals surface area contributed by atoms with Crippen molar-refractivity contribution in [2.45, 2.75) is 49.5 Å². The fourth-order valence-electron chi connectivity index (χ4n) is 3.54. The molecule has 96 valence electrons. The molecule has 3 nitrogen and oxygen atoms in total. The molecule has 2 heterocycles. The van der Waals surface area contributed by atoms with Gasteiger partial charge < -0.3 is 9.53 Å². The van der Waals surface area contributed by atoms with Gasteiger partial charge in [-0.2, -0.15) is 0 Å². The van der Waals surface area contributed by atoms with Gasteiger partial charge in [-0.25, -0.2) is 0 Å². The molecule has 2 fully saturated rings. The van der Waals surface area contributed by atoms with E-state index in [4.69, 9.17) is 4.74 Å². The van der Waals surface area contributed by atoms with Crippen LogP contribution in [-0.4, -0.2) is 23.5 Å². The number of rotatable bonds is 2. The van der Waals surface area contributed by atoms with E-state index in [1.54, 1.807) is 6.20 Å². The van der Waals surface area contributed by atoms with E-state index in [2.05, 4.69) is 4.98 Å². The fraction of sp³-hybridized carbons (Fsp3) is 0.600. The second kappa shape index (κ2) is 4.47. The lowest BCUT2D eigenvalue weighted by atomic mass is 9.71. The van der Waals surface area contributed by atoms with Crippen molar-refractivity contribution in [3.63, 3.8) is 0 Å². The molecule has 1 aliphatic carbocycles. The smallest absolute Gasteiger partial charge is 0.132 e. The Balaban J connectivity index is 1.94. The van der Waals surface area contributed by atoms with Gasteiger partial charge >= 0.3 is 0 Å². The van der Waals surface area contributed by atoms with Crippen molar-refractivity contribution in [2.24, 2.45) is 0 Å². The third kappa shape index (κ3) is 1.87. The third-order valence-corrected chi connectivity index (χ3v) is 4.51. The average molecular weight is 245 g/mol. The maximum atomic E-state index is 11.7. The van der Waals surface area contributed by atoms with E-state index < -0.39 is 5.41 Å². The molecule has 1 aliphatic heterocycles. The Hall–Kier alpha value is -1.22. The van der Waals surface area contributed by atoms with Crippen molar-refractivity contribution in [2.75, 3.05) is 6.61 Å². The van der Waals surface area contributed by atoms with Crippen LogP contribution in [0.1, 0.15) is 44.2 Å². The summed E-state index contributed by atoms with van der Waals surface area (Å²) in [5.41, 5.74) is 0.426. The zero-order valence-electron chi connectivity index (χ0n) is 10.6. The highest BCUT2D eigenvalue weighted by molar-refractivity contribution is 5.68. The van der Waals surface area contributed by atoms with Crippen molar-refractivity contribution >= 4 is 6.29 Å². The van der Waals surface area contributed by atoms with E-state index in [9.17, 15) is 4.79 Å². The lowest BCUT2D eigenvalue weighted by Crippen LogP contribution is -2.47. The summed E-state index contributed by atoms with van der Waals surface area (Å²) >= 11 is 0. The summed E-state index contributed by atoms with van der Waals surface area (Å²) in [6.07, 6.45) is 9.07. The van der Waals surface area contributed by atoms with Crippen LogP contribution in [0, 0.1) is 0 Å². The first kappa shape index (κ1) is 11.8. The molecular formula is C15H19NO2. The molecule has 1 atom stereocenters. The number of carbonyl (C=O) groups excluding carboxylic acids is 1. The lowest BCUT2D eigenvalue weighted by Gasteiger charge is -2.43. The fourth-order valence-corrected chi connectivity index (χ4v) is 3.54. The summed E-state index contributed by atoms with van der Waals surface area (Å²) in [6, 6.07) is 5.83. The minimum Gasteiger partial charge on any atom is -0.375 e. The number of hydrogen-bond acceptors (Lipinski definition) is 3. The SMILES string of the molecule is O=CC1(c2ccccn2)CCOC2(CCCC2)C1. The second-order valence-corrected chi connectivity index (χ2v) is 5.65. The third-order valence-electron chi connectivity index (χ3n) is 4.51. The Morgan fingerprint density at radius 3 is 2.72 bits per heavy atom. The highest BCUT2D eigenvalue weighted by Gasteiger charge is 2.48. The molecule has 1 spiro atoms. The van der Waals surface area contributed by atoms with Gasteiger partial charge in [-0.3, -0.25) is 4.98 Å². The van der Waals surface area contributed by atoms with Gasteiger partial charge in [0, 0.05) is 12.8 Å². The highest BCUT2D eigenvalue weighted by Crippen LogP contribution is 2.47. The van der Waals surface area contributed by atoms with E-state index in [1.807, 2.05) is 18.2 Å². The molecule has 0 radical (unpaired) electrons. The molecule has 1 aromatic rings. The van der Waals surface area contributed by atoms with Crippen molar-refractivity contribution in [1.29, 1.82) is 0 Å². The predicted octanol–water partition coefficient (Wildman–Crippen LogP) is 2.64. The summed E-state index contributed by atoms with van der Waals surface area (Å²) in [6.45, 7) is 0.676. The molecule has 0 N–H and O–H groups in total. The molecule has 3 rings (SSSR count). The molecule has 1 aromatic heterocycles. The largest absolute Gasteiger partial charge is 0.375 e. The topological polar surface area (TPSA) is 39.2 Å². The van der Waals surface area contributed by atoms with Crippen molar-refractivity contribution in [1.82, 2.24) is 4.98 Å². The minimum absolute atomic E-state index is 0.0588. The molecule has 18 heavy (non-hydrogen) atoms. The zero-order valence-corrected chi connectivity index (χ0v) is 10.6. The molecule has 1 unspecified atom stereocenters. The van der Waals surface area contributed by atoms with Crippen molar-refractivity contribution in [3.05, 3.63) is 30.1 Å². The highest BCUT2D eigenvalue weighted by atomic mass is 16.5. The van der Waals surface area contributed by atoms with E-state index in [0.717, 1.165) is 37.7 Å². The summed E-state index contributed by atoms with van der Waals surface area (Å²) in [5, 5.41) is 0. The van der Waals surface area contributed by atoms with Gasteiger partial charge in [-0.15, -0.1) is 0 Å². The number of nitrogens with zero attached hydrogens (tertiary/aromatic N) is 1. The summed E-state index contributed by atoms with van der Waals surface area (Å²) in [4.78, 5) is 16.1. The van der Waals surface area contributed by atoms with Crippen LogP contribution in [0.15, 0.2) is 24.4 Å². The van der Waals surface area contributed by atoms with E-state index >= 15 is 0 Å². The normalized spacial score (nSPS) is 30.4. The Bertz CT molecular complexity index is 425. The number of pyridine rings is 1. The number of hydrogen-bond donors (Lipinski definition) is 0. The van der Waals surface area contributed by atoms with Gasteiger partial charge in [0.1, 0.15) is 6.29 Å². The van der Waals surface area contributed by atoms with Gasteiger partial charge in [0.15, 0.2) is 0 Å². The van der Waals surface area contributed by atoms with Crippen molar-refractivity contribution in [3.8, 4) is 0 Å². The Morgan fingerprint density at radius 2 is 2.06 bits per heavy atom. The van der Waals surface area contributed by atoms with E-state index in [0.29, 0.717) is 6.61 Å². The van der Waals surface area contributed by atoms with Crippen LogP contribution in [0.3, 0.4) is 0 Å². The average Bonchev–Trinajstić information content (AvgIpc) is 2.87. The summed E-state index contributed by atoms with van der Waals surface area (Å²) in [5.74, 6) is 0. The molecular weight excluding hydrogens is 226 g/mol. The van der Waals surface area contributed by atoms with Crippen LogP contribution in [0.2, 0.25) is 0 Å². The van der Waals surface area contributed by atoms with Gasteiger partial charge in [-0.1, -0.05) is 18.9 Å². The van der Waals surface area contributed by atoms with Crippen LogP contribution >= 0.6 is 0 Å². The molecule has 1 saturated heterocycles. The van der Waals surface area contributed by atoms with Crippen LogP contribution < -0.4 is 0 Å². The van der Waals surface area contributed by atoms with Crippen LogP contribution in [0.4, 0.5) is 0 Å². The first-order valence-corrected chi connectivity index (χ1v) is 6.81.